The Labute approximate surface area is 131 Å². The molecule has 0 unspecified atom stereocenters. The molecule has 0 radical (unpaired) electrons. The molecule has 2 aromatic rings. The summed E-state index contributed by atoms with van der Waals surface area (Å²) in [5.74, 6) is 0.256. The van der Waals surface area contributed by atoms with Crippen LogP contribution in [0, 0.1) is 11.3 Å². The summed E-state index contributed by atoms with van der Waals surface area (Å²) in [4.78, 5) is 12.4. The molecule has 2 rings (SSSR count). The number of methoxy groups -OCH3 is 1. The molecule has 0 aliphatic heterocycles. The van der Waals surface area contributed by atoms with Gasteiger partial charge in [0.1, 0.15) is 17.4 Å². The molecule has 0 aliphatic rings. The van der Waals surface area contributed by atoms with Crippen molar-refractivity contribution >= 4 is 27.8 Å². The summed E-state index contributed by atoms with van der Waals surface area (Å²) >= 11 is 3.40. The summed E-state index contributed by atoms with van der Waals surface area (Å²) in [6.07, 6.45) is 1.58. The van der Waals surface area contributed by atoms with Crippen LogP contribution in [0.15, 0.2) is 58.6 Å². The molecule has 0 saturated heterocycles. The van der Waals surface area contributed by atoms with E-state index in [2.05, 4.69) is 15.9 Å². The van der Waals surface area contributed by atoms with Crippen LogP contribution in [0.25, 0.3) is 6.08 Å². The van der Waals surface area contributed by atoms with Gasteiger partial charge in [0.05, 0.1) is 7.11 Å². The van der Waals surface area contributed by atoms with Gasteiger partial charge in [0.25, 0.3) is 0 Å². The fraction of sp³-hybridized carbons (Fsp3) is 0.0588. The van der Waals surface area contributed by atoms with E-state index in [4.69, 9.17) is 4.74 Å². The second-order valence-corrected chi connectivity index (χ2v) is 5.11. The van der Waals surface area contributed by atoms with Gasteiger partial charge >= 0.3 is 0 Å². The average molecular weight is 342 g/mol. The predicted octanol–water partition coefficient (Wildman–Crippen LogP) is 4.25. The highest BCUT2D eigenvalue weighted by molar-refractivity contribution is 9.10. The summed E-state index contributed by atoms with van der Waals surface area (Å²) in [6.45, 7) is 0. The summed E-state index contributed by atoms with van der Waals surface area (Å²) in [6, 6.07) is 16.1. The van der Waals surface area contributed by atoms with Crippen LogP contribution in [-0.2, 0) is 0 Å². The zero-order valence-corrected chi connectivity index (χ0v) is 12.9. The number of ether oxygens (including phenoxy) is 1. The highest BCUT2D eigenvalue weighted by Crippen LogP contribution is 2.21. The maximum atomic E-state index is 12.4. The fourth-order valence-electron chi connectivity index (χ4n) is 1.82. The number of ketones is 1. The van der Waals surface area contributed by atoms with E-state index >= 15 is 0 Å². The van der Waals surface area contributed by atoms with Gasteiger partial charge in [0.15, 0.2) is 0 Å². The van der Waals surface area contributed by atoms with Crippen molar-refractivity contribution < 1.29 is 9.53 Å². The monoisotopic (exact) mass is 341 g/mol. The Morgan fingerprint density at radius 3 is 2.67 bits per heavy atom. The molecule has 2 aromatic carbocycles. The lowest BCUT2D eigenvalue weighted by atomic mass is 10.0. The molecule has 0 bridgehead atoms. The van der Waals surface area contributed by atoms with Crippen LogP contribution in [0.1, 0.15) is 15.9 Å². The first-order valence-electron chi connectivity index (χ1n) is 6.21. The number of carbonyl (C=O) groups is 1. The first kappa shape index (κ1) is 15.0. The average Bonchev–Trinajstić information content (AvgIpc) is 2.53. The van der Waals surface area contributed by atoms with Crippen molar-refractivity contribution in [2.75, 3.05) is 7.11 Å². The first-order chi connectivity index (χ1) is 10.2. The lowest BCUT2D eigenvalue weighted by Crippen LogP contribution is -2.02. The number of rotatable bonds is 4. The van der Waals surface area contributed by atoms with Crippen molar-refractivity contribution in [2.24, 2.45) is 0 Å². The standard InChI is InChI=1S/C17H12BrNO2/c1-21-15-7-4-6-13(10-15)17(20)14(11-19)9-12-5-2-3-8-16(12)18/h2-10H,1H3. The van der Waals surface area contributed by atoms with Crippen LogP contribution in [-0.4, -0.2) is 12.9 Å². The summed E-state index contributed by atoms with van der Waals surface area (Å²) in [7, 11) is 1.53. The SMILES string of the molecule is COc1cccc(C(=O)C(C#N)=Cc2ccccc2Br)c1. The van der Waals surface area contributed by atoms with Gasteiger partial charge in [-0.05, 0) is 29.8 Å². The number of hydrogen-bond donors (Lipinski definition) is 0. The third kappa shape index (κ3) is 3.59. The summed E-state index contributed by atoms with van der Waals surface area (Å²) in [5.41, 5.74) is 1.29. The number of carbonyl (C=O) groups excluding carboxylic acids is 1. The Hall–Kier alpha value is -2.38. The number of hydrogen-bond acceptors (Lipinski definition) is 3. The van der Waals surface area contributed by atoms with Gasteiger partial charge in [-0.15, -0.1) is 0 Å². The first-order valence-corrected chi connectivity index (χ1v) is 7.00. The molecule has 0 N–H and O–H groups in total. The van der Waals surface area contributed by atoms with Crippen molar-refractivity contribution in [1.29, 1.82) is 5.26 Å². The van der Waals surface area contributed by atoms with E-state index in [1.165, 1.54) is 7.11 Å². The molecule has 0 fully saturated rings. The minimum Gasteiger partial charge on any atom is -0.497 e. The van der Waals surface area contributed by atoms with Crippen molar-refractivity contribution in [1.82, 2.24) is 0 Å². The van der Waals surface area contributed by atoms with Crippen LogP contribution < -0.4 is 4.74 Å². The quantitative estimate of drug-likeness (QED) is 0.474. The lowest BCUT2D eigenvalue weighted by Gasteiger charge is -2.04. The van der Waals surface area contributed by atoms with E-state index in [1.807, 2.05) is 30.3 Å². The number of nitriles is 1. The second-order valence-electron chi connectivity index (χ2n) is 4.25. The molecule has 0 aromatic heterocycles. The third-order valence-electron chi connectivity index (χ3n) is 2.90. The van der Waals surface area contributed by atoms with Gasteiger partial charge in [-0.2, -0.15) is 5.26 Å². The fourth-order valence-corrected chi connectivity index (χ4v) is 2.22. The van der Waals surface area contributed by atoms with Crippen molar-refractivity contribution in [3.05, 3.63) is 69.7 Å². The molecule has 21 heavy (non-hydrogen) atoms. The van der Waals surface area contributed by atoms with E-state index in [9.17, 15) is 10.1 Å². The van der Waals surface area contributed by atoms with E-state index in [-0.39, 0.29) is 11.4 Å². The highest BCUT2D eigenvalue weighted by Gasteiger charge is 2.13. The predicted molar refractivity (Wildman–Crippen MR) is 85.1 cm³/mol. The van der Waals surface area contributed by atoms with E-state index in [0.29, 0.717) is 11.3 Å². The van der Waals surface area contributed by atoms with Gasteiger partial charge in [-0.3, -0.25) is 4.79 Å². The molecule has 0 heterocycles. The van der Waals surface area contributed by atoms with E-state index in [1.54, 1.807) is 30.3 Å². The highest BCUT2D eigenvalue weighted by atomic mass is 79.9. The normalized spacial score (nSPS) is 10.8. The van der Waals surface area contributed by atoms with Crippen molar-refractivity contribution in [3.63, 3.8) is 0 Å². The number of Topliss-reactive ketones (excluding diaryl/α,β-unsaturated/α-hetero) is 1. The maximum Gasteiger partial charge on any atom is 0.203 e. The Balaban J connectivity index is 2.40. The number of halogens is 1. The smallest absolute Gasteiger partial charge is 0.203 e. The van der Waals surface area contributed by atoms with Crippen LogP contribution >= 0.6 is 15.9 Å². The minimum absolute atomic E-state index is 0.0788. The van der Waals surface area contributed by atoms with Crippen molar-refractivity contribution in [2.45, 2.75) is 0 Å². The Morgan fingerprint density at radius 2 is 2.00 bits per heavy atom. The van der Waals surface area contributed by atoms with Gasteiger partial charge in [-0.1, -0.05) is 46.3 Å². The van der Waals surface area contributed by atoms with Crippen LogP contribution in [0.5, 0.6) is 5.75 Å². The summed E-state index contributed by atoms with van der Waals surface area (Å²) < 4.78 is 5.92. The van der Waals surface area contributed by atoms with E-state index < -0.39 is 0 Å². The molecule has 0 aliphatic carbocycles. The number of benzene rings is 2. The molecule has 0 atom stereocenters. The lowest BCUT2D eigenvalue weighted by molar-refractivity contribution is 0.103. The minimum atomic E-state index is -0.327. The third-order valence-corrected chi connectivity index (χ3v) is 3.62. The molecule has 0 amide bonds. The number of nitrogens with zero attached hydrogens (tertiary/aromatic N) is 1. The molecule has 0 saturated carbocycles. The van der Waals surface area contributed by atoms with Crippen LogP contribution in [0.2, 0.25) is 0 Å². The van der Waals surface area contributed by atoms with Gasteiger partial charge in [-0.25, -0.2) is 0 Å². The van der Waals surface area contributed by atoms with Crippen molar-refractivity contribution in [3.8, 4) is 11.8 Å². The Morgan fingerprint density at radius 1 is 1.24 bits per heavy atom. The molecule has 3 nitrogen and oxygen atoms in total. The topological polar surface area (TPSA) is 50.1 Å². The second kappa shape index (κ2) is 6.87. The van der Waals surface area contributed by atoms with Crippen LogP contribution in [0.4, 0.5) is 0 Å². The molecule has 104 valence electrons. The van der Waals surface area contributed by atoms with E-state index in [0.717, 1.165) is 10.0 Å². The van der Waals surface area contributed by atoms with Gasteiger partial charge in [0, 0.05) is 10.0 Å². The molecular weight excluding hydrogens is 330 g/mol. The maximum absolute atomic E-state index is 12.4. The number of allylic oxidation sites excluding steroid dienone is 1. The zero-order chi connectivity index (χ0) is 15.2. The zero-order valence-electron chi connectivity index (χ0n) is 11.3. The van der Waals surface area contributed by atoms with Gasteiger partial charge < -0.3 is 4.74 Å². The molecule has 0 spiro atoms. The largest absolute Gasteiger partial charge is 0.497 e. The van der Waals surface area contributed by atoms with Crippen LogP contribution in [0.3, 0.4) is 0 Å². The molecule has 4 heteroatoms. The van der Waals surface area contributed by atoms with Gasteiger partial charge in [0.2, 0.25) is 5.78 Å². The molecular formula is C17H12BrNO2. The Bertz CT molecular complexity index is 744. The summed E-state index contributed by atoms with van der Waals surface area (Å²) in [5, 5.41) is 9.25. The Kier molecular flexibility index (Phi) is 4.91.